The van der Waals surface area contributed by atoms with Crippen molar-refractivity contribution in [3.63, 3.8) is 0 Å². The average molecular weight is 479 g/mol. The smallest absolute Gasteiger partial charge is 0.286 e. The zero-order valence-corrected chi connectivity index (χ0v) is 19.7. The van der Waals surface area contributed by atoms with Crippen LogP contribution >= 0.6 is 22.9 Å². The number of methoxy groups -OCH3 is 2. The van der Waals surface area contributed by atoms with Crippen molar-refractivity contribution in [2.45, 2.75) is 6.42 Å². The number of rotatable bonds is 9. The highest BCUT2D eigenvalue weighted by Crippen LogP contribution is 2.37. The van der Waals surface area contributed by atoms with Gasteiger partial charge in [0.05, 0.1) is 34.9 Å². The van der Waals surface area contributed by atoms with Gasteiger partial charge in [0.25, 0.3) is 11.6 Å². The van der Waals surface area contributed by atoms with Crippen molar-refractivity contribution in [2.24, 2.45) is 0 Å². The predicted octanol–water partition coefficient (Wildman–Crippen LogP) is 4.47. The van der Waals surface area contributed by atoms with E-state index in [1.54, 1.807) is 6.07 Å². The predicted molar refractivity (Wildman–Crippen MR) is 126 cm³/mol. The number of thiazole rings is 1. The number of benzene rings is 2. The fraction of sp³-hybridized carbons (Fsp3) is 0.333. The van der Waals surface area contributed by atoms with Gasteiger partial charge in [0, 0.05) is 12.6 Å². The van der Waals surface area contributed by atoms with Gasteiger partial charge in [0.1, 0.15) is 11.1 Å². The van der Waals surface area contributed by atoms with Crippen LogP contribution in [0, 0.1) is 10.1 Å². The molecule has 0 unspecified atom stereocenters. The molecule has 1 heterocycles. The normalized spacial score (nSPS) is 11.1. The van der Waals surface area contributed by atoms with E-state index in [0.29, 0.717) is 28.6 Å². The van der Waals surface area contributed by atoms with E-state index in [1.165, 1.54) is 42.6 Å². The summed E-state index contributed by atoms with van der Waals surface area (Å²) < 4.78 is 11.3. The molecule has 0 bridgehead atoms. The Hall–Kier alpha value is -2.95. The topological polar surface area (TPSA) is 98.0 Å². The van der Waals surface area contributed by atoms with E-state index in [1.807, 2.05) is 31.1 Å². The van der Waals surface area contributed by atoms with E-state index < -0.39 is 10.8 Å². The summed E-state index contributed by atoms with van der Waals surface area (Å²) in [7, 11) is 6.65. The summed E-state index contributed by atoms with van der Waals surface area (Å²) in [4.78, 5) is 32.8. The SMILES string of the molecule is COc1cc(C(=O)N(CCCN(C)C)c2nc3c(Cl)cccc3s2)c([N+](=O)[O-])cc1OC. The standard InChI is InChI=1S/C21H23ClN4O5S/c1-24(2)9-6-10-25(21-23-19-14(22)7-5-8-18(19)32-21)20(27)13-11-16(30-3)17(31-4)12-15(13)26(28)29/h5,7-8,11-12H,6,9-10H2,1-4H3. The van der Waals surface area contributed by atoms with Gasteiger partial charge < -0.3 is 14.4 Å². The van der Waals surface area contributed by atoms with Crippen LogP contribution in [0.4, 0.5) is 10.8 Å². The molecular weight excluding hydrogens is 456 g/mol. The maximum atomic E-state index is 13.6. The van der Waals surface area contributed by atoms with E-state index in [0.717, 1.165) is 11.2 Å². The number of anilines is 1. The number of aromatic nitrogens is 1. The van der Waals surface area contributed by atoms with E-state index >= 15 is 0 Å². The molecule has 0 spiro atoms. The summed E-state index contributed by atoms with van der Waals surface area (Å²) in [6.45, 7) is 1.05. The minimum Gasteiger partial charge on any atom is -0.493 e. The lowest BCUT2D eigenvalue weighted by Gasteiger charge is -2.21. The largest absolute Gasteiger partial charge is 0.493 e. The van der Waals surface area contributed by atoms with Crippen LogP contribution in [0.1, 0.15) is 16.8 Å². The Balaban J connectivity index is 2.10. The number of halogens is 1. The van der Waals surface area contributed by atoms with Gasteiger partial charge in [-0.15, -0.1) is 0 Å². The lowest BCUT2D eigenvalue weighted by Crippen LogP contribution is -2.34. The molecule has 0 aliphatic carbocycles. The molecule has 0 aliphatic rings. The maximum Gasteiger partial charge on any atom is 0.286 e. The highest BCUT2D eigenvalue weighted by molar-refractivity contribution is 7.22. The molecule has 3 rings (SSSR count). The molecule has 11 heteroatoms. The third kappa shape index (κ3) is 4.93. The van der Waals surface area contributed by atoms with Gasteiger partial charge in [-0.3, -0.25) is 19.8 Å². The molecular formula is C21H23ClN4O5S. The summed E-state index contributed by atoms with van der Waals surface area (Å²) >= 11 is 7.57. The number of nitro groups is 1. The Morgan fingerprint density at radius 2 is 1.88 bits per heavy atom. The molecule has 0 saturated heterocycles. The second-order valence-corrected chi connectivity index (χ2v) is 8.59. The van der Waals surface area contributed by atoms with Gasteiger partial charge in [-0.1, -0.05) is 29.0 Å². The van der Waals surface area contributed by atoms with Crippen LogP contribution in [-0.4, -0.2) is 62.1 Å². The van der Waals surface area contributed by atoms with Crippen LogP contribution in [0.15, 0.2) is 30.3 Å². The second-order valence-electron chi connectivity index (χ2n) is 7.18. The number of carbonyl (C=O) groups excluding carboxylic acids is 1. The zero-order chi connectivity index (χ0) is 23.4. The number of nitrogens with zero attached hydrogens (tertiary/aromatic N) is 4. The highest BCUT2D eigenvalue weighted by atomic mass is 35.5. The third-order valence-electron chi connectivity index (χ3n) is 4.75. The summed E-state index contributed by atoms with van der Waals surface area (Å²) in [6, 6.07) is 7.93. The maximum absolute atomic E-state index is 13.6. The Kier molecular flexibility index (Phi) is 7.49. The van der Waals surface area contributed by atoms with Crippen molar-refractivity contribution in [1.82, 2.24) is 9.88 Å². The van der Waals surface area contributed by atoms with Crippen LogP contribution in [0.5, 0.6) is 11.5 Å². The van der Waals surface area contributed by atoms with Gasteiger partial charge in [-0.25, -0.2) is 4.98 Å². The Morgan fingerprint density at radius 1 is 1.19 bits per heavy atom. The monoisotopic (exact) mass is 478 g/mol. The number of amides is 1. The average Bonchev–Trinajstić information content (AvgIpc) is 3.20. The van der Waals surface area contributed by atoms with Gasteiger partial charge >= 0.3 is 0 Å². The first-order chi connectivity index (χ1) is 15.3. The minimum atomic E-state index is -0.609. The van der Waals surface area contributed by atoms with Crippen LogP contribution in [0.2, 0.25) is 5.02 Å². The lowest BCUT2D eigenvalue weighted by atomic mass is 10.1. The van der Waals surface area contributed by atoms with Gasteiger partial charge in [-0.2, -0.15) is 0 Å². The van der Waals surface area contributed by atoms with Crippen molar-refractivity contribution in [2.75, 3.05) is 46.3 Å². The molecule has 0 N–H and O–H groups in total. The molecule has 0 fully saturated rings. The molecule has 2 aromatic carbocycles. The van der Waals surface area contributed by atoms with E-state index in [9.17, 15) is 14.9 Å². The van der Waals surface area contributed by atoms with Crippen molar-refractivity contribution in [1.29, 1.82) is 0 Å². The molecule has 0 radical (unpaired) electrons. The quantitative estimate of drug-likeness (QED) is 0.330. The first kappa shape index (κ1) is 23.7. The molecule has 0 saturated carbocycles. The van der Waals surface area contributed by atoms with Crippen molar-refractivity contribution in [3.05, 3.63) is 51.0 Å². The van der Waals surface area contributed by atoms with Gasteiger partial charge in [0.15, 0.2) is 16.6 Å². The van der Waals surface area contributed by atoms with Crippen molar-refractivity contribution >= 4 is 49.9 Å². The number of nitro benzene ring substituents is 1. The minimum absolute atomic E-state index is 0.108. The number of ether oxygens (including phenoxy) is 2. The van der Waals surface area contributed by atoms with Crippen LogP contribution < -0.4 is 14.4 Å². The Bertz CT molecular complexity index is 1150. The Morgan fingerprint density at radius 3 is 2.47 bits per heavy atom. The number of carbonyl (C=O) groups is 1. The van der Waals surface area contributed by atoms with Crippen molar-refractivity contribution in [3.8, 4) is 11.5 Å². The van der Waals surface area contributed by atoms with E-state index in [-0.39, 0.29) is 22.7 Å². The lowest BCUT2D eigenvalue weighted by molar-refractivity contribution is -0.385. The third-order valence-corrected chi connectivity index (χ3v) is 6.10. The van der Waals surface area contributed by atoms with E-state index in [4.69, 9.17) is 21.1 Å². The molecule has 0 aliphatic heterocycles. The van der Waals surface area contributed by atoms with E-state index in [2.05, 4.69) is 4.98 Å². The summed E-state index contributed by atoms with van der Waals surface area (Å²) in [5, 5.41) is 12.6. The number of hydrogen-bond acceptors (Lipinski definition) is 8. The first-order valence-corrected chi connectivity index (χ1v) is 10.9. The molecule has 9 nitrogen and oxygen atoms in total. The molecule has 0 atom stereocenters. The summed E-state index contributed by atoms with van der Waals surface area (Å²) in [5.41, 5.74) is 0.105. The van der Waals surface area contributed by atoms with Crippen LogP contribution in [-0.2, 0) is 0 Å². The first-order valence-electron chi connectivity index (χ1n) is 9.68. The number of hydrogen-bond donors (Lipinski definition) is 0. The fourth-order valence-corrected chi connectivity index (χ4v) is 4.47. The molecule has 3 aromatic rings. The molecule has 170 valence electrons. The fourth-order valence-electron chi connectivity index (χ4n) is 3.18. The second kappa shape index (κ2) is 10.1. The molecule has 1 aromatic heterocycles. The molecule has 32 heavy (non-hydrogen) atoms. The number of para-hydroxylation sites is 1. The van der Waals surface area contributed by atoms with Gasteiger partial charge in [-0.05, 0) is 39.2 Å². The summed E-state index contributed by atoms with van der Waals surface area (Å²) in [6.07, 6.45) is 0.642. The van der Waals surface area contributed by atoms with Gasteiger partial charge in [0.2, 0.25) is 0 Å². The van der Waals surface area contributed by atoms with Crippen LogP contribution in [0.25, 0.3) is 10.2 Å². The highest BCUT2D eigenvalue weighted by Gasteiger charge is 2.30. The summed E-state index contributed by atoms with van der Waals surface area (Å²) in [5.74, 6) is -0.157. The van der Waals surface area contributed by atoms with Crippen molar-refractivity contribution < 1.29 is 19.2 Å². The Labute approximate surface area is 194 Å². The van der Waals surface area contributed by atoms with Crippen LogP contribution in [0.3, 0.4) is 0 Å². The number of fused-ring (bicyclic) bond motifs is 1. The zero-order valence-electron chi connectivity index (χ0n) is 18.1. The molecule has 1 amide bonds.